The molecule has 3 N–H and O–H groups in total. The fourth-order valence-electron chi connectivity index (χ4n) is 2.63. The van der Waals surface area contributed by atoms with Crippen molar-refractivity contribution >= 4 is 28.5 Å². The highest BCUT2D eigenvalue weighted by molar-refractivity contribution is 5.97. The van der Waals surface area contributed by atoms with Crippen LogP contribution >= 0.6 is 0 Å². The summed E-state index contributed by atoms with van der Waals surface area (Å²) in [5.41, 5.74) is 1.53. The van der Waals surface area contributed by atoms with E-state index in [2.05, 4.69) is 15.5 Å². The molecule has 6 heteroatoms. The smallest absolute Gasteiger partial charge is 0.307 e. The molecule has 0 radical (unpaired) electrons. The minimum Gasteiger partial charge on any atom is -0.481 e. The molecular formula is C15H15N3O3. The number of aromatic nitrogens is 2. The fourth-order valence-corrected chi connectivity index (χ4v) is 2.63. The van der Waals surface area contributed by atoms with Crippen molar-refractivity contribution in [3.05, 3.63) is 36.5 Å². The van der Waals surface area contributed by atoms with Crippen LogP contribution in [-0.2, 0) is 9.59 Å². The molecule has 0 saturated heterocycles. The van der Waals surface area contributed by atoms with Crippen molar-refractivity contribution < 1.29 is 14.7 Å². The molecule has 3 rings (SSSR count). The van der Waals surface area contributed by atoms with E-state index in [1.807, 2.05) is 24.3 Å². The van der Waals surface area contributed by atoms with Gasteiger partial charge in [-0.15, -0.1) is 0 Å². The highest BCUT2D eigenvalue weighted by atomic mass is 16.4. The molecule has 108 valence electrons. The quantitative estimate of drug-likeness (QED) is 0.753. The number of carbonyl (C=O) groups is 2. The zero-order chi connectivity index (χ0) is 14.8. The van der Waals surface area contributed by atoms with E-state index in [4.69, 9.17) is 0 Å². The van der Waals surface area contributed by atoms with Crippen molar-refractivity contribution in [2.75, 3.05) is 5.32 Å². The Bertz CT molecular complexity index is 720. The van der Waals surface area contributed by atoms with E-state index in [1.54, 1.807) is 12.3 Å². The summed E-state index contributed by atoms with van der Waals surface area (Å²) in [5.74, 6) is -2.38. The van der Waals surface area contributed by atoms with Gasteiger partial charge in [-0.25, -0.2) is 0 Å². The Kier molecular flexibility index (Phi) is 3.43. The van der Waals surface area contributed by atoms with E-state index in [-0.39, 0.29) is 5.91 Å². The Labute approximate surface area is 120 Å². The Morgan fingerprint density at radius 2 is 2.00 bits per heavy atom. The van der Waals surface area contributed by atoms with Crippen LogP contribution < -0.4 is 5.32 Å². The van der Waals surface area contributed by atoms with E-state index in [0.29, 0.717) is 18.5 Å². The molecule has 1 amide bonds. The lowest BCUT2D eigenvalue weighted by Crippen LogP contribution is -2.34. The lowest BCUT2D eigenvalue weighted by Gasteiger charge is -2.24. The Hall–Kier alpha value is -2.63. The number of aliphatic carboxylic acids is 1. The van der Waals surface area contributed by atoms with E-state index in [1.165, 1.54) is 0 Å². The third kappa shape index (κ3) is 2.65. The predicted octanol–water partition coefficient (Wildman–Crippen LogP) is 2.17. The van der Waals surface area contributed by atoms with Crippen LogP contribution in [0.2, 0.25) is 0 Å². The van der Waals surface area contributed by atoms with Crippen LogP contribution in [0.4, 0.5) is 5.69 Å². The van der Waals surface area contributed by atoms with E-state index in [9.17, 15) is 14.7 Å². The summed E-state index contributed by atoms with van der Waals surface area (Å²) in [6, 6.07) is 5.41. The van der Waals surface area contributed by atoms with Gasteiger partial charge >= 0.3 is 5.97 Å². The van der Waals surface area contributed by atoms with Crippen LogP contribution in [0.5, 0.6) is 0 Å². The summed E-state index contributed by atoms with van der Waals surface area (Å²) < 4.78 is 0. The molecule has 0 fully saturated rings. The van der Waals surface area contributed by atoms with Crippen LogP contribution in [0.15, 0.2) is 36.5 Å². The van der Waals surface area contributed by atoms with Gasteiger partial charge in [0.1, 0.15) is 0 Å². The zero-order valence-electron chi connectivity index (χ0n) is 11.2. The number of rotatable bonds is 3. The highest BCUT2D eigenvalue weighted by Gasteiger charge is 2.33. The van der Waals surface area contributed by atoms with Crippen molar-refractivity contribution in [3.8, 4) is 0 Å². The normalized spacial score (nSPS) is 21.3. The van der Waals surface area contributed by atoms with Gasteiger partial charge in [0, 0.05) is 11.1 Å². The molecule has 0 saturated carbocycles. The van der Waals surface area contributed by atoms with Crippen molar-refractivity contribution in [2.45, 2.75) is 12.8 Å². The lowest BCUT2D eigenvalue weighted by atomic mass is 9.82. The van der Waals surface area contributed by atoms with Crippen molar-refractivity contribution in [2.24, 2.45) is 11.8 Å². The van der Waals surface area contributed by atoms with Gasteiger partial charge in [0.05, 0.1) is 23.5 Å². The number of benzene rings is 1. The largest absolute Gasteiger partial charge is 0.481 e. The molecule has 1 heterocycles. The molecule has 2 aromatic rings. The van der Waals surface area contributed by atoms with Crippen molar-refractivity contribution in [1.29, 1.82) is 0 Å². The minimum absolute atomic E-state index is 0.255. The number of anilines is 1. The fraction of sp³-hybridized carbons (Fsp3) is 0.267. The summed E-state index contributed by atoms with van der Waals surface area (Å²) in [7, 11) is 0. The molecule has 21 heavy (non-hydrogen) atoms. The number of carbonyl (C=O) groups excluding carboxylic acids is 1. The first-order valence-electron chi connectivity index (χ1n) is 6.77. The number of H-pyrrole nitrogens is 1. The van der Waals surface area contributed by atoms with Gasteiger partial charge in [-0.05, 0) is 31.0 Å². The second kappa shape index (κ2) is 5.40. The third-order valence-electron chi connectivity index (χ3n) is 3.79. The SMILES string of the molecule is O=C(O)C1CC=CCC1C(=O)Nc1ccc2[nH]ncc2c1. The average Bonchev–Trinajstić information content (AvgIpc) is 2.94. The number of carboxylic acid groups (broad SMARTS) is 1. The number of carboxylic acids is 1. The summed E-state index contributed by atoms with van der Waals surface area (Å²) in [6.07, 6.45) is 6.21. The molecule has 0 aliphatic heterocycles. The number of aromatic amines is 1. The minimum atomic E-state index is -0.926. The van der Waals surface area contributed by atoms with Crippen LogP contribution in [0.1, 0.15) is 12.8 Å². The maximum Gasteiger partial charge on any atom is 0.307 e. The van der Waals surface area contributed by atoms with Gasteiger partial charge in [-0.3, -0.25) is 14.7 Å². The lowest BCUT2D eigenvalue weighted by molar-refractivity contribution is -0.146. The summed E-state index contributed by atoms with van der Waals surface area (Å²) >= 11 is 0. The first-order valence-corrected chi connectivity index (χ1v) is 6.77. The Balaban J connectivity index is 1.78. The maximum absolute atomic E-state index is 12.3. The van der Waals surface area contributed by atoms with Gasteiger partial charge in [0.15, 0.2) is 0 Å². The molecule has 1 aromatic heterocycles. The molecule has 0 spiro atoms. The van der Waals surface area contributed by atoms with Crippen molar-refractivity contribution in [3.63, 3.8) is 0 Å². The Morgan fingerprint density at radius 3 is 2.76 bits per heavy atom. The molecule has 2 unspecified atom stereocenters. The van der Waals surface area contributed by atoms with Gasteiger partial charge in [0.25, 0.3) is 0 Å². The van der Waals surface area contributed by atoms with Gasteiger partial charge < -0.3 is 10.4 Å². The van der Waals surface area contributed by atoms with Crippen LogP contribution in [0.25, 0.3) is 10.9 Å². The molecular weight excluding hydrogens is 270 g/mol. The second-order valence-corrected chi connectivity index (χ2v) is 5.16. The molecule has 2 atom stereocenters. The summed E-state index contributed by atoms with van der Waals surface area (Å²) in [4.78, 5) is 23.6. The van der Waals surface area contributed by atoms with Crippen LogP contribution in [0.3, 0.4) is 0 Å². The van der Waals surface area contributed by atoms with Crippen LogP contribution in [0, 0.1) is 11.8 Å². The second-order valence-electron chi connectivity index (χ2n) is 5.16. The van der Waals surface area contributed by atoms with E-state index < -0.39 is 17.8 Å². The first-order chi connectivity index (χ1) is 10.1. The van der Waals surface area contributed by atoms with Gasteiger partial charge in [-0.2, -0.15) is 5.10 Å². The van der Waals surface area contributed by atoms with Crippen LogP contribution in [-0.4, -0.2) is 27.2 Å². The Morgan fingerprint density at radius 1 is 1.24 bits per heavy atom. The number of hydrogen-bond donors (Lipinski definition) is 3. The number of nitrogens with zero attached hydrogens (tertiary/aromatic N) is 1. The summed E-state index contributed by atoms with van der Waals surface area (Å²) in [5, 5.41) is 19.7. The van der Waals surface area contributed by atoms with Gasteiger partial charge in [0.2, 0.25) is 5.91 Å². The standard InChI is InChI=1S/C15H15N3O3/c19-14(11-3-1-2-4-12(11)15(20)21)17-10-5-6-13-9(7-10)8-16-18-13/h1-2,5-8,11-12H,3-4H2,(H,16,18)(H,17,19)(H,20,21). The molecule has 1 aliphatic rings. The third-order valence-corrected chi connectivity index (χ3v) is 3.79. The number of amides is 1. The van der Waals surface area contributed by atoms with E-state index in [0.717, 1.165) is 10.9 Å². The number of fused-ring (bicyclic) bond motifs is 1. The highest BCUT2D eigenvalue weighted by Crippen LogP contribution is 2.27. The number of nitrogens with one attached hydrogen (secondary N) is 2. The van der Waals surface area contributed by atoms with Gasteiger partial charge in [-0.1, -0.05) is 12.2 Å². The molecule has 1 aliphatic carbocycles. The number of hydrogen-bond acceptors (Lipinski definition) is 3. The van der Waals surface area contributed by atoms with E-state index >= 15 is 0 Å². The topological polar surface area (TPSA) is 95.1 Å². The average molecular weight is 285 g/mol. The number of allylic oxidation sites excluding steroid dienone is 2. The first kappa shape index (κ1) is 13.4. The maximum atomic E-state index is 12.3. The molecule has 1 aromatic carbocycles. The predicted molar refractivity (Wildman–Crippen MR) is 77.7 cm³/mol. The summed E-state index contributed by atoms with van der Waals surface area (Å²) in [6.45, 7) is 0. The molecule has 0 bridgehead atoms. The zero-order valence-corrected chi connectivity index (χ0v) is 11.2. The molecule has 6 nitrogen and oxygen atoms in total. The van der Waals surface area contributed by atoms with Crippen molar-refractivity contribution in [1.82, 2.24) is 10.2 Å². The monoisotopic (exact) mass is 285 g/mol.